The second kappa shape index (κ2) is 2.32. The van der Waals surface area contributed by atoms with Crippen molar-refractivity contribution in [2.75, 3.05) is 0 Å². The van der Waals surface area contributed by atoms with Crippen LogP contribution in [-0.4, -0.2) is 0 Å². The van der Waals surface area contributed by atoms with E-state index in [1.807, 2.05) is 0 Å². The molecule has 9 heavy (non-hydrogen) atoms. The van der Waals surface area contributed by atoms with Gasteiger partial charge in [-0.3, -0.25) is 0 Å². The van der Waals surface area contributed by atoms with E-state index in [0.717, 1.165) is 23.7 Å². The summed E-state index contributed by atoms with van der Waals surface area (Å²) in [5, 5.41) is 0. The molecule has 0 aliphatic heterocycles. The van der Waals surface area contributed by atoms with E-state index in [9.17, 15) is 0 Å². The molecule has 1 aliphatic rings. The maximum absolute atomic E-state index is 2.38. The first-order chi connectivity index (χ1) is 4.18. The molecule has 0 spiro atoms. The van der Waals surface area contributed by atoms with Crippen LogP contribution in [0, 0.1) is 23.7 Å². The second-order valence-electron chi connectivity index (χ2n) is 3.68. The van der Waals surface area contributed by atoms with Crippen LogP contribution in [0.3, 0.4) is 0 Å². The lowest BCUT2D eigenvalue weighted by atomic mass is 10.0. The van der Waals surface area contributed by atoms with Gasteiger partial charge in [0.25, 0.3) is 0 Å². The van der Waals surface area contributed by atoms with Crippen LogP contribution in [0.1, 0.15) is 34.1 Å². The Morgan fingerprint density at radius 2 is 1.67 bits per heavy atom. The van der Waals surface area contributed by atoms with E-state index >= 15 is 0 Å². The Balaban J connectivity index is 2.31. The van der Waals surface area contributed by atoms with Crippen molar-refractivity contribution in [1.29, 1.82) is 0 Å². The molecule has 0 aromatic carbocycles. The molecule has 1 aliphatic carbocycles. The van der Waals surface area contributed by atoms with Crippen molar-refractivity contribution in [3.8, 4) is 0 Å². The summed E-state index contributed by atoms with van der Waals surface area (Å²) in [5.74, 6) is 4.05. The molecule has 0 amide bonds. The highest BCUT2D eigenvalue weighted by molar-refractivity contribution is 4.93. The normalized spacial score (nSPS) is 44.7. The summed E-state index contributed by atoms with van der Waals surface area (Å²) in [6, 6.07) is 0. The molecule has 3 atom stereocenters. The molecular formula is C9H18. The Hall–Kier alpha value is 0. The van der Waals surface area contributed by atoms with Crippen LogP contribution in [0.25, 0.3) is 0 Å². The van der Waals surface area contributed by atoms with Crippen LogP contribution >= 0.6 is 0 Å². The summed E-state index contributed by atoms with van der Waals surface area (Å²) >= 11 is 0. The first-order valence-corrected chi connectivity index (χ1v) is 4.18. The molecule has 1 rings (SSSR count). The Bertz CT molecular complexity index is 88.2. The maximum atomic E-state index is 2.38. The highest BCUT2D eigenvalue weighted by atomic mass is 14.5. The summed E-state index contributed by atoms with van der Waals surface area (Å²) in [6.07, 6.45) is 1.36. The number of hydrogen-bond acceptors (Lipinski definition) is 0. The number of rotatable bonds is 2. The predicted octanol–water partition coefficient (Wildman–Crippen LogP) is 2.93. The topological polar surface area (TPSA) is 0 Å². The van der Waals surface area contributed by atoms with Gasteiger partial charge in [0, 0.05) is 0 Å². The Labute approximate surface area is 58.7 Å². The highest BCUT2D eigenvalue weighted by Gasteiger charge is 2.44. The van der Waals surface area contributed by atoms with Crippen LogP contribution in [-0.2, 0) is 0 Å². The average Bonchev–Trinajstić information content (AvgIpc) is 2.40. The first kappa shape index (κ1) is 7.11. The SMILES string of the molecule is CCC(C)C1C(C)C1C. The van der Waals surface area contributed by atoms with Crippen molar-refractivity contribution in [1.82, 2.24) is 0 Å². The predicted molar refractivity (Wildman–Crippen MR) is 41.3 cm³/mol. The van der Waals surface area contributed by atoms with Gasteiger partial charge in [0.2, 0.25) is 0 Å². The Kier molecular flexibility index (Phi) is 1.83. The average molecular weight is 126 g/mol. The summed E-state index contributed by atoms with van der Waals surface area (Å²) in [6.45, 7) is 9.43. The molecule has 1 fully saturated rings. The molecule has 3 unspecified atom stereocenters. The van der Waals surface area contributed by atoms with Crippen molar-refractivity contribution in [2.45, 2.75) is 34.1 Å². The first-order valence-electron chi connectivity index (χ1n) is 4.18. The summed E-state index contributed by atoms with van der Waals surface area (Å²) in [4.78, 5) is 0. The van der Waals surface area contributed by atoms with E-state index in [1.165, 1.54) is 6.42 Å². The van der Waals surface area contributed by atoms with Crippen LogP contribution in [0.4, 0.5) is 0 Å². The zero-order valence-corrected chi connectivity index (χ0v) is 7.02. The van der Waals surface area contributed by atoms with Crippen molar-refractivity contribution < 1.29 is 0 Å². The van der Waals surface area contributed by atoms with Crippen molar-refractivity contribution in [3.05, 3.63) is 0 Å². The maximum Gasteiger partial charge on any atom is -0.0332 e. The quantitative estimate of drug-likeness (QED) is 0.533. The van der Waals surface area contributed by atoms with Gasteiger partial charge in [-0.1, -0.05) is 34.1 Å². The lowest BCUT2D eigenvalue weighted by Crippen LogP contribution is -1.96. The minimum atomic E-state index is 0.968. The van der Waals surface area contributed by atoms with Crippen molar-refractivity contribution in [2.24, 2.45) is 23.7 Å². The minimum Gasteiger partial charge on any atom is -0.0651 e. The minimum absolute atomic E-state index is 0.968. The van der Waals surface area contributed by atoms with Gasteiger partial charge in [-0.15, -0.1) is 0 Å². The Morgan fingerprint density at radius 1 is 1.22 bits per heavy atom. The van der Waals surface area contributed by atoms with E-state index in [1.54, 1.807) is 0 Å². The fourth-order valence-electron chi connectivity index (χ4n) is 2.01. The van der Waals surface area contributed by atoms with Crippen LogP contribution in [0.15, 0.2) is 0 Å². The van der Waals surface area contributed by atoms with Gasteiger partial charge in [-0.2, -0.15) is 0 Å². The fourth-order valence-corrected chi connectivity index (χ4v) is 2.01. The van der Waals surface area contributed by atoms with Crippen LogP contribution in [0.2, 0.25) is 0 Å². The zero-order chi connectivity index (χ0) is 7.02. The third-order valence-corrected chi connectivity index (χ3v) is 3.20. The van der Waals surface area contributed by atoms with Gasteiger partial charge in [-0.25, -0.2) is 0 Å². The monoisotopic (exact) mass is 126 g/mol. The lowest BCUT2D eigenvalue weighted by Gasteiger charge is -2.04. The van der Waals surface area contributed by atoms with E-state index in [0.29, 0.717) is 0 Å². The molecule has 0 aromatic rings. The fraction of sp³-hybridized carbons (Fsp3) is 1.00. The zero-order valence-electron chi connectivity index (χ0n) is 7.02. The molecular weight excluding hydrogens is 108 g/mol. The number of hydrogen-bond donors (Lipinski definition) is 0. The molecule has 1 saturated carbocycles. The third kappa shape index (κ3) is 1.12. The van der Waals surface area contributed by atoms with Gasteiger partial charge in [0.1, 0.15) is 0 Å². The molecule has 0 heterocycles. The van der Waals surface area contributed by atoms with Gasteiger partial charge in [-0.05, 0) is 23.7 Å². The van der Waals surface area contributed by atoms with Crippen LogP contribution < -0.4 is 0 Å². The summed E-state index contributed by atoms with van der Waals surface area (Å²) < 4.78 is 0. The van der Waals surface area contributed by atoms with Gasteiger partial charge in [0.05, 0.1) is 0 Å². The van der Waals surface area contributed by atoms with Gasteiger partial charge >= 0.3 is 0 Å². The van der Waals surface area contributed by atoms with Crippen LogP contribution in [0.5, 0.6) is 0 Å². The highest BCUT2D eigenvalue weighted by Crippen LogP contribution is 2.50. The second-order valence-corrected chi connectivity index (χ2v) is 3.68. The van der Waals surface area contributed by atoms with E-state index in [-0.39, 0.29) is 0 Å². The van der Waals surface area contributed by atoms with Gasteiger partial charge < -0.3 is 0 Å². The largest absolute Gasteiger partial charge is 0.0651 e. The molecule has 0 heteroatoms. The smallest absolute Gasteiger partial charge is 0.0332 e. The van der Waals surface area contributed by atoms with Gasteiger partial charge in [0.15, 0.2) is 0 Å². The molecule has 0 nitrogen and oxygen atoms in total. The molecule has 0 saturated heterocycles. The Morgan fingerprint density at radius 3 is 1.78 bits per heavy atom. The van der Waals surface area contributed by atoms with E-state index in [2.05, 4.69) is 27.7 Å². The van der Waals surface area contributed by atoms with E-state index < -0.39 is 0 Å². The summed E-state index contributed by atoms with van der Waals surface area (Å²) in [7, 11) is 0. The molecule has 0 radical (unpaired) electrons. The molecule has 54 valence electrons. The van der Waals surface area contributed by atoms with Crippen molar-refractivity contribution >= 4 is 0 Å². The molecule has 0 bridgehead atoms. The van der Waals surface area contributed by atoms with Crippen molar-refractivity contribution in [3.63, 3.8) is 0 Å². The summed E-state index contributed by atoms with van der Waals surface area (Å²) in [5.41, 5.74) is 0. The third-order valence-electron chi connectivity index (χ3n) is 3.20. The van der Waals surface area contributed by atoms with E-state index in [4.69, 9.17) is 0 Å². The molecule has 0 aromatic heterocycles. The lowest BCUT2D eigenvalue weighted by molar-refractivity contribution is 0.455. The molecule has 0 N–H and O–H groups in total. The standard InChI is InChI=1S/C9H18/c1-5-6(2)9-7(3)8(9)4/h6-9H,5H2,1-4H3.